The molecular formula is C11H18N2. The summed E-state index contributed by atoms with van der Waals surface area (Å²) in [5.41, 5.74) is 3.59. The largest absolute Gasteiger partial charge is 0.238 e. The molecule has 0 bridgehead atoms. The van der Waals surface area contributed by atoms with Gasteiger partial charge in [-0.15, -0.1) is 0 Å². The van der Waals surface area contributed by atoms with Crippen LogP contribution in [0.4, 0.5) is 0 Å². The maximum Gasteiger partial charge on any atom is 0.128 e. The molecule has 0 fully saturated rings. The third-order valence-corrected chi connectivity index (χ3v) is 2.34. The van der Waals surface area contributed by atoms with Gasteiger partial charge < -0.3 is 0 Å². The predicted molar refractivity (Wildman–Crippen MR) is 54.9 cm³/mol. The van der Waals surface area contributed by atoms with Gasteiger partial charge in [-0.1, -0.05) is 13.8 Å². The molecule has 1 heterocycles. The molecule has 0 amide bonds. The Bertz CT molecular complexity index is 292. The third kappa shape index (κ3) is 2.27. The average Bonchev–Trinajstić information content (AvgIpc) is 2.11. The van der Waals surface area contributed by atoms with Gasteiger partial charge in [0.2, 0.25) is 0 Å². The molecule has 2 heteroatoms. The molecule has 0 aliphatic rings. The minimum absolute atomic E-state index is 0.994. The summed E-state index contributed by atoms with van der Waals surface area (Å²) in [5.74, 6) is 1.00. The van der Waals surface area contributed by atoms with Gasteiger partial charge in [0.05, 0.1) is 0 Å². The Morgan fingerprint density at radius 3 is 2.31 bits per heavy atom. The molecule has 13 heavy (non-hydrogen) atoms. The van der Waals surface area contributed by atoms with Crippen molar-refractivity contribution in [1.29, 1.82) is 0 Å². The molecule has 0 radical (unpaired) electrons. The summed E-state index contributed by atoms with van der Waals surface area (Å²) in [7, 11) is 0. The molecule has 0 aliphatic heterocycles. The average molecular weight is 178 g/mol. The standard InChI is InChI=1S/C11H18N2/c1-5-7-11-12-9(4)8(3)10(6-2)13-11/h5-7H2,1-4H3. The van der Waals surface area contributed by atoms with Gasteiger partial charge in [-0.05, 0) is 32.3 Å². The zero-order valence-corrected chi connectivity index (χ0v) is 9.02. The Balaban J connectivity index is 3.06. The van der Waals surface area contributed by atoms with Gasteiger partial charge in [0.25, 0.3) is 0 Å². The predicted octanol–water partition coefficient (Wildman–Crippen LogP) is 2.61. The minimum Gasteiger partial charge on any atom is -0.238 e. The molecule has 0 atom stereocenters. The number of hydrogen-bond donors (Lipinski definition) is 0. The first-order valence-electron chi connectivity index (χ1n) is 5.02. The van der Waals surface area contributed by atoms with Crippen LogP contribution in [0.15, 0.2) is 0 Å². The van der Waals surface area contributed by atoms with Crippen LogP contribution in [0, 0.1) is 13.8 Å². The van der Waals surface area contributed by atoms with Crippen molar-refractivity contribution >= 4 is 0 Å². The Morgan fingerprint density at radius 1 is 1.08 bits per heavy atom. The quantitative estimate of drug-likeness (QED) is 0.711. The van der Waals surface area contributed by atoms with E-state index in [1.807, 2.05) is 0 Å². The second-order valence-electron chi connectivity index (χ2n) is 3.40. The normalized spacial score (nSPS) is 10.5. The zero-order chi connectivity index (χ0) is 9.84. The van der Waals surface area contributed by atoms with Crippen LogP contribution in [0.3, 0.4) is 0 Å². The molecule has 0 N–H and O–H groups in total. The van der Waals surface area contributed by atoms with Crippen LogP contribution in [-0.4, -0.2) is 9.97 Å². The topological polar surface area (TPSA) is 25.8 Å². The molecule has 0 unspecified atom stereocenters. The van der Waals surface area contributed by atoms with Gasteiger partial charge in [0.15, 0.2) is 0 Å². The fourth-order valence-electron chi connectivity index (χ4n) is 1.43. The number of aryl methyl sites for hydroxylation is 3. The molecule has 1 aromatic heterocycles. The smallest absolute Gasteiger partial charge is 0.128 e. The lowest BCUT2D eigenvalue weighted by atomic mass is 10.1. The molecule has 0 saturated heterocycles. The Hall–Kier alpha value is -0.920. The SMILES string of the molecule is CCCc1nc(C)c(C)c(CC)n1. The first-order valence-corrected chi connectivity index (χ1v) is 5.02. The molecule has 0 aliphatic carbocycles. The summed E-state index contributed by atoms with van der Waals surface area (Å²) >= 11 is 0. The Labute approximate surface area is 80.4 Å². The number of nitrogens with zero attached hydrogens (tertiary/aromatic N) is 2. The highest BCUT2D eigenvalue weighted by atomic mass is 14.9. The van der Waals surface area contributed by atoms with Crippen molar-refractivity contribution in [3.05, 3.63) is 22.8 Å². The van der Waals surface area contributed by atoms with Crippen molar-refractivity contribution in [2.24, 2.45) is 0 Å². The van der Waals surface area contributed by atoms with Crippen LogP contribution >= 0.6 is 0 Å². The Morgan fingerprint density at radius 2 is 1.77 bits per heavy atom. The molecule has 72 valence electrons. The van der Waals surface area contributed by atoms with E-state index in [9.17, 15) is 0 Å². The monoisotopic (exact) mass is 178 g/mol. The molecule has 1 rings (SSSR count). The van der Waals surface area contributed by atoms with E-state index < -0.39 is 0 Å². The van der Waals surface area contributed by atoms with Crippen LogP contribution in [-0.2, 0) is 12.8 Å². The van der Waals surface area contributed by atoms with Gasteiger partial charge in [0.1, 0.15) is 5.82 Å². The maximum absolute atomic E-state index is 4.53. The van der Waals surface area contributed by atoms with E-state index in [-0.39, 0.29) is 0 Å². The van der Waals surface area contributed by atoms with Crippen LogP contribution in [0.2, 0.25) is 0 Å². The van der Waals surface area contributed by atoms with Crippen molar-refractivity contribution in [2.75, 3.05) is 0 Å². The molecular weight excluding hydrogens is 160 g/mol. The second-order valence-corrected chi connectivity index (χ2v) is 3.40. The highest BCUT2D eigenvalue weighted by Gasteiger charge is 2.05. The van der Waals surface area contributed by atoms with Crippen molar-refractivity contribution < 1.29 is 0 Å². The highest BCUT2D eigenvalue weighted by molar-refractivity contribution is 5.23. The van der Waals surface area contributed by atoms with E-state index >= 15 is 0 Å². The lowest BCUT2D eigenvalue weighted by Gasteiger charge is -2.07. The molecule has 1 aromatic rings. The summed E-state index contributed by atoms with van der Waals surface area (Å²) < 4.78 is 0. The van der Waals surface area contributed by atoms with Crippen LogP contribution in [0.1, 0.15) is 43.0 Å². The lowest BCUT2D eigenvalue weighted by molar-refractivity contribution is 0.794. The van der Waals surface area contributed by atoms with Crippen molar-refractivity contribution in [3.63, 3.8) is 0 Å². The molecule has 0 saturated carbocycles. The minimum atomic E-state index is 0.994. The van der Waals surface area contributed by atoms with Gasteiger partial charge in [-0.2, -0.15) is 0 Å². The third-order valence-electron chi connectivity index (χ3n) is 2.34. The van der Waals surface area contributed by atoms with E-state index in [4.69, 9.17) is 0 Å². The summed E-state index contributed by atoms with van der Waals surface area (Å²) in [6.45, 7) is 8.47. The maximum atomic E-state index is 4.53. The summed E-state index contributed by atoms with van der Waals surface area (Å²) in [5, 5.41) is 0. The van der Waals surface area contributed by atoms with E-state index in [1.165, 1.54) is 11.3 Å². The van der Waals surface area contributed by atoms with E-state index in [0.717, 1.165) is 30.8 Å². The van der Waals surface area contributed by atoms with E-state index in [2.05, 4.69) is 37.7 Å². The molecule has 0 aromatic carbocycles. The summed E-state index contributed by atoms with van der Waals surface area (Å²) in [6.07, 6.45) is 3.12. The fraction of sp³-hybridized carbons (Fsp3) is 0.636. The first-order chi connectivity index (χ1) is 6.19. The zero-order valence-electron chi connectivity index (χ0n) is 9.02. The van der Waals surface area contributed by atoms with E-state index in [0.29, 0.717) is 0 Å². The number of aromatic nitrogens is 2. The van der Waals surface area contributed by atoms with Crippen molar-refractivity contribution in [2.45, 2.75) is 47.0 Å². The first kappa shape index (κ1) is 10.2. The van der Waals surface area contributed by atoms with Crippen molar-refractivity contribution in [3.8, 4) is 0 Å². The van der Waals surface area contributed by atoms with Crippen LogP contribution in [0.5, 0.6) is 0 Å². The second kappa shape index (κ2) is 4.35. The fourth-order valence-corrected chi connectivity index (χ4v) is 1.43. The number of hydrogen-bond acceptors (Lipinski definition) is 2. The van der Waals surface area contributed by atoms with Gasteiger partial charge in [-0.25, -0.2) is 9.97 Å². The van der Waals surface area contributed by atoms with Gasteiger partial charge >= 0.3 is 0 Å². The van der Waals surface area contributed by atoms with Crippen LogP contribution in [0.25, 0.3) is 0 Å². The van der Waals surface area contributed by atoms with Gasteiger partial charge in [0, 0.05) is 17.8 Å². The number of rotatable bonds is 3. The molecule has 0 spiro atoms. The summed E-state index contributed by atoms with van der Waals surface area (Å²) in [6, 6.07) is 0. The lowest BCUT2D eigenvalue weighted by Crippen LogP contribution is -2.04. The van der Waals surface area contributed by atoms with Crippen molar-refractivity contribution in [1.82, 2.24) is 9.97 Å². The van der Waals surface area contributed by atoms with Gasteiger partial charge in [-0.3, -0.25) is 0 Å². The van der Waals surface area contributed by atoms with Crippen LogP contribution < -0.4 is 0 Å². The molecule has 2 nitrogen and oxygen atoms in total. The van der Waals surface area contributed by atoms with E-state index in [1.54, 1.807) is 0 Å². The summed E-state index contributed by atoms with van der Waals surface area (Å²) in [4.78, 5) is 8.99. The highest BCUT2D eigenvalue weighted by Crippen LogP contribution is 2.10. The Kier molecular flexibility index (Phi) is 3.40.